The number of halogens is 1. The summed E-state index contributed by atoms with van der Waals surface area (Å²) in [7, 11) is 2.24. The van der Waals surface area contributed by atoms with Crippen LogP contribution in [-0.2, 0) is 0 Å². The highest BCUT2D eigenvalue weighted by Gasteiger charge is 2.33. The highest BCUT2D eigenvalue weighted by molar-refractivity contribution is 9.10. The highest BCUT2D eigenvalue weighted by atomic mass is 79.9. The van der Waals surface area contributed by atoms with Crippen LogP contribution in [0.4, 0.5) is 0 Å². The number of hydrogen-bond acceptors (Lipinski definition) is 3. The first kappa shape index (κ1) is 12.6. The Hall–Kier alpha value is 0.1000. The van der Waals surface area contributed by atoms with E-state index in [0.29, 0.717) is 6.04 Å². The third-order valence-corrected chi connectivity index (χ3v) is 5.07. The van der Waals surface area contributed by atoms with Crippen LogP contribution in [0.15, 0.2) is 15.9 Å². The summed E-state index contributed by atoms with van der Waals surface area (Å²) in [5.41, 5.74) is 0. The SMILES string of the molecule is CCNCC1CCN(C)C1c1cc(Br)cs1. The Labute approximate surface area is 110 Å². The molecule has 2 heterocycles. The number of likely N-dealkylation sites (tertiary alicyclic amines) is 1. The molecule has 0 aliphatic carbocycles. The van der Waals surface area contributed by atoms with Crippen LogP contribution in [0.25, 0.3) is 0 Å². The summed E-state index contributed by atoms with van der Waals surface area (Å²) >= 11 is 5.42. The zero-order valence-electron chi connectivity index (χ0n) is 9.87. The van der Waals surface area contributed by atoms with Crippen LogP contribution in [0, 0.1) is 5.92 Å². The van der Waals surface area contributed by atoms with Crippen LogP contribution >= 0.6 is 27.3 Å². The number of thiophene rings is 1. The van der Waals surface area contributed by atoms with Crippen LogP contribution in [0.5, 0.6) is 0 Å². The lowest BCUT2D eigenvalue weighted by Gasteiger charge is -2.24. The Bertz CT molecular complexity index is 340. The molecule has 0 spiro atoms. The molecule has 0 radical (unpaired) electrons. The average molecular weight is 303 g/mol. The normalized spacial score (nSPS) is 26.4. The van der Waals surface area contributed by atoms with E-state index in [-0.39, 0.29) is 0 Å². The molecule has 0 bridgehead atoms. The van der Waals surface area contributed by atoms with Gasteiger partial charge in [0.05, 0.1) is 0 Å². The molecule has 0 aromatic carbocycles. The van der Waals surface area contributed by atoms with E-state index in [4.69, 9.17) is 0 Å². The van der Waals surface area contributed by atoms with Gasteiger partial charge in [-0.05, 0) is 61.0 Å². The minimum atomic E-state index is 0.607. The maximum atomic E-state index is 3.55. The second kappa shape index (κ2) is 5.63. The number of nitrogens with one attached hydrogen (secondary N) is 1. The third kappa shape index (κ3) is 2.67. The minimum Gasteiger partial charge on any atom is -0.317 e. The number of rotatable bonds is 4. The largest absolute Gasteiger partial charge is 0.317 e. The van der Waals surface area contributed by atoms with E-state index < -0.39 is 0 Å². The molecule has 90 valence electrons. The minimum absolute atomic E-state index is 0.607. The fraction of sp³-hybridized carbons (Fsp3) is 0.667. The van der Waals surface area contributed by atoms with E-state index in [1.807, 2.05) is 11.3 Å². The lowest BCUT2D eigenvalue weighted by Crippen LogP contribution is -2.27. The van der Waals surface area contributed by atoms with Crippen molar-refractivity contribution in [3.8, 4) is 0 Å². The predicted molar refractivity (Wildman–Crippen MR) is 74.0 cm³/mol. The van der Waals surface area contributed by atoms with Gasteiger partial charge in [-0.15, -0.1) is 11.3 Å². The van der Waals surface area contributed by atoms with Crippen molar-refractivity contribution in [3.63, 3.8) is 0 Å². The number of hydrogen-bond donors (Lipinski definition) is 1. The molecule has 2 atom stereocenters. The van der Waals surface area contributed by atoms with E-state index in [1.165, 1.54) is 22.3 Å². The van der Waals surface area contributed by atoms with Crippen molar-refractivity contribution in [1.82, 2.24) is 10.2 Å². The van der Waals surface area contributed by atoms with Gasteiger partial charge in [0.2, 0.25) is 0 Å². The zero-order valence-corrected chi connectivity index (χ0v) is 12.3. The molecule has 0 amide bonds. The van der Waals surface area contributed by atoms with Gasteiger partial charge in [-0.25, -0.2) is 0 Å². The quantitative estimate of drug-likeness (QED) is 0.919. The standard InChI is InChI=1S/C12H19BrN2S/c1-3-14-7-9-4-5-15(2)12(9)11-6-10(13)8-16-11/h6,8-9,12,14H,3-5,7H2,1-2H3. The second-order valence-electron chi connectivity index (χ2n) is 4.45. The Morgan fingerprint density at radius 1 is 1.62 bits per heavy atom. The molecule has 2 nitrogen and oxygen atoms in total. The second-order valence-corrected chi connectivity index (χ2v) is 6.31. The van der Waals surface area contributed by atoms with E-state index >= 15 is 0 Å². The highest BCUT2D eigenvalue weighted by Crippen LogP contribution is 2.39. The monoisotopic (exact) mass is 302 g/mol. The smallest absolute Gasteiger partial charge is 0.0479 e. The molecule has 1 aliphatic heterocycles. The van der Waals surface area contributed by atoms with Gasteiger partial charge in [-0.3, -0.25) is 4.90 Å². The topological polar surface area (TPSA) is 15.3 Å². The molecule has 4 heteroatoms. The Morgan fingerprint density at radius 2 is 2.44 bits per heavy atom. The molecule has 1 fully saturated rings. The lowest BCUT2D eigenvalue weighted by molar-refractivity contribution is 0.277. The van der Waals surface area contributed by atoms with Crippen molar-refractivity contribution >= 4 is 27.3 Å². The molecule has 16 heavy (non-hydrogen) atoms. The first-order valence-electron chi connectivity index (χ1n) is 5.87. The lowest BCUT2D eigenvalue weighted by atomic mass is 9.99. The molecule has 1 N–H and O–H groups in total. The van der Waals surface area contributed by atoms with Crippen LogP contribution in [-0.4, -0.2) is 31.6 Å². The number of nitrogens with zero attached hydrogens (tertiary/aromatic N) is 1. The summed E-state index contributed by atoms with van der Waals surface area (Å²) < 4.78 is 1.22. The summed E-state index contributed by atoms with van der Waals surface area (Å²) in [4.78, 5) is 3.98. The van der Waals surface area contributed by atoms with Gasteiger partial charge in [0, 0.05) is 20.8 Å². The van der Waals surface area contributed by atoms with Crippen LogP contribution in [0.2, 0.25) is 0 Å². The summed E-state index contributed by atoms with van der Waals surface area (Å²) in [6.45, 7) is 5.60. The fourth-order valence-corrected chi connectivity index (χ4v) is 4.20. The van der Waals surface area contributed by atoms with E-state index in [1.54, 1.807) is 0 Å². The maximum absolute atomic E-state index is 3.55. The van der Waals surface area contributed by atoms with Crippen molar-refractivity contribution in [2.24, 2.45) is 5.92 Å². The van der Waals surface area contributed by atoms with Gasteiger partial charge in [0.1, 0.15) is 0 Å². The molecule has 2 rings (SSSR count). The molecular formula is C12H19BrN2S. The van der Waals surface area contributed by atoms with E-state index in [0.717, 1.165) is 19.0 Å². The van der Waals surface area contributed by atoms with Gasteiger partial charge < -0.3 is 5.32 Å². The average Bonchev–Trinajstić information content (AvgIpc) is 2.82. The Kier molecular flexibility index (Phi) is 4.41. The molecular weight excluding hydrogens is 284 g/mol. The third-order valence-electron chi connectivity index (χ3n) is 3.31. The first-order chi connectivity index (χ1) is 7.72. The molecule has 1 aromatic rings. The molecule has 0 saturated carbocycles. The van der Waals surface area contributed by atoms with E-state index in [2.05, 4.69) is 51.6 Å². The summed E-state index contributed by atoms with van der Waals surface area (Å²) in [5, 5.41) is 5.67. The molecule has 1 aromatic heterocycles. The van der Waals surface area contributed by atoms with Crippen molar-refractivity contribution in [2.45, 2.75) is 19.4 Å². The van der Waals surface area contributed by atoms with Crippen molar-refractivity contribution < 1.29 is 0 Å². The molecule has 1 saturated heterocycles. The Balaban J connectivity index is 2.09. The van der Waals surface area contributed by atoms with Crippen LogP contribution in [0.1, 0.15) is 24.3 Å². The van der Waals surface area contributed by atoms with Gasteiger partial charge >= 0.3 is 0 Å². The summed E-state index contributed by atoms with van der Waals surface area (Å²) in [6.07, 6.45) is 1.31. The summed E-state index contributed by atoms with van der Waals surface area (Å²) in [5.74, 6) is 0.760. The van der Waals surface area contributed by atoms with Gasteiger partial charge in [0.15, 0.2) is 0 Å². The van der Waals surface area contributed by atoms with Gasteiger partial charge in [0.25, 0.3) is 0 Å². The molecule has 1 aliphatic rings. The maximum Gasteiger partial charge on any atom is 0.0479 e. The Morgan fingerprint density at radius 3 is 3.06 bits per heavy atom. The van der Waals surface area contributed by atoms with Crippen molar-refractivity contribution in [3.05, 3.63) is 20.8 Å². The van der Waals surface area contributed by atoms with Gasteiger partial charge in [-0.2, -0.15) is 0 Å². The van der Waals surface area contributed by atoms with Crippen molar-refractivity contribution in [2.75, 3.05) is 26.7 Å². The fourth-order valence-electron chi connectivity index (χ4n) is 2.50. The van der Waals surface area contributed by atoms with Crippen LogP contribution in [0.3, 0.4) is 0 Å². The summed E-state index contributed by atoms with van der Waals surface area (Å²) in [6, 6.07) is 2.88. The van der Waals surface area contributed by atoms with Crippen molar-refractivity contribution in [1.29, 1.82) is 0 Å². The van der Waals surface area contributed by atoms with Gasteiger partial charge in [-0.1, -0.05) is 6.92 Å². The van der Waals surface area contributed by atoms with E-state index in [9.17, 15) is 0 Å². The van der Waals surface area contributed by atoms with Crippen LogP contribution < -0.4 is 5.32 Å². The zero-order chi connectivity index (χ0) is 11.5. The first-order valence-corrected chi connectivity index (χ1v) is 7.54. The predicted octanol–water partition coefficient (Wildman–Crippen LogP) is 3.11. The molecule has 2 unspecified atom stereocenters.